The lowest BCUT2D eigenvalue weighted by Crippen LogP contribution is -2.28. The molecule has 11 heteroatoms. The molecule has 0 bridgehead atoms. The zero-order valence-electron chi connectivity index (χ0n) is 42.8. The largest absolute Gasteiger partial charge is 0.463 e. The fourth-order valence-corrected chi connectivity index (χ4v) is 7.03. The molecule has 5 aromatic rings. The molecule has 0 aliphatic carbocycles. The fraction of sp³-hybridized carbons (Fsp3) is 0.655. The highest BCUT2D eigenvalue weighted by molar-refractivity contribution is 5.99. The summed E-state index contributed by atoms with van der Waals surface area (Å²) in [5, 5.41) is 11.3. The third kappa shape index (κ3) is 25.9. The van der Waals surface area contributed by atoms with Crippen molar-refractivity contribution in [3.8, 4) is 0 Å². The molecule has 66 heavy (non-hydrogen) atoms. The van der Waals surface area contributed by atoms with Gasteiger partial charge in [-0.25, -0.2) is 0 Å². The summed E-state index contributed by atoms with van der Waals surface area (Å²) in [6, 6.07) is 13.4. The molecule has 0 spiro atoms. The number of ketones is 2. The molecule has 1 atom stereocenters. The highest BCUT2D eigenvalue weighted by atomic mass is 16.3. The number of fused-ring (bicyclic) bond motifs is 1. The van der Waals surface area contributed by atoms with Crippen LogP contribution in [0.2, 0.25) is 0 Å². The van der Waals surface area contributed by atoms with Gasteiger partial charge >= 0.3 is 0 Å². The average molecular weight is 924 g/mol. The molecular weight excluding hydrogens is 823 g/mol. The van der Waals surface area contributed by atoms with Gasteiger partial charge in [0.1, 0.15) is 5.78 Å². The van der Waals surface area contributed by atoms with Crippen LogP contribution in [-0.2, 0) is 9.59 Å². The molecule has 2 N–H and O–H groups in total. The maximum absolute atomic E-state index is 11.5. The predicted octanol–water partition coefficient (Wildman–Crippen LogP) is 15.5. The zero-order chi connectivity index (χ0) is 48.4. The molecule has 0 radical (unpaired) electrons. The average Bonchev–Trinajstić information content (AvgIpc) is 4.05. The number of H-pyrrole nitrogens is 1. The Morgan fingerprint density at radius 1 is 0.636 bits per heavy atom. The summed E-state index contributed by atoms with van der Waals surface area (Å²) in [4.78, 5) is 35.5. The SMILES string of the molecule is C.C.C.CC(=O)C(C)C.CC(C)C(=O)c1cc2occc2[nH]1.CC(C)C(C(C)C)n1cccc1.CC(C)C(C(C)C)n1cccn1.CCC(C(C)C)n1cccn1.CCCNC(=O)C(C)C. The topological polar surface area (TPSA) is 133 Å². The van der Waals surface area contributed by atoms with Crippen LogP contribution in [0.1, 0.15) is 195 Å². The maximum Gasteiger partial charge on any atom is 0.222 e. The number of hydrogen-bond donors (Lipinski definition) is 2. The minimum Gasteiger partial charge on any atom is -0.463 e. The Morgan fingerprint density at radius 3 is 1.44 bits per heavy atom. The molecule has 0 saturated heterocycles. The summed E-state index contributed by atoms with van der Waals surface area (Å²) in [5.74, 6) is 4.24. The van der Waals surface area contributed by atoms with E-state index in [1.165, 1.54) is 0 Å². The van der Waals surface area contributed by atoms with Crippen molar-refractivity contribution >= 4 is 28.6 Å². The fourth-order valence-electron chi connectivity index (χ4n) is 7.03. The van der Waals surface area contributed by atoms with Gasteiger partial charge < -0.3 is 19.3 Å². The number of carbonyl (C=O) groups excluding carboxylic acids is 3. The minimum atomic E-state index is 0. The molecule has 5 heterocycles. The lowest BCUT2D eigenvalue weighted by Gasteiger charge is -2.26. The number of nitrogens with zero attached hydrogens (tertiary/aromatic N) is 5. The van der Waals surface area contributed by atoms with Crippen LogP contribution in [0, 0.1) is 47.3 Å². The number of rotatable bonds is 15. The number of aromatic nitrogens is 6. The molecule has 380 valence electrons. The van der Waals surface area contributed by atoms with E-state index in [4.69, 9.17) is 4.42 Å². The van der Waals surface area contributed by atoms with E-state index in [0.29, 0.717) is 53.4 Å². The second-order valence-corrected chi connectivity index (χ2v) is 18.9. The van der Waals surface area contributed by atoms with Gasteiger partial charge in [0, 0.05) is 79.7 Å². The smallest absolute Gasteiger partial charge is 0.222 e. The van der Waals surface area contributed by atoms with E-state index in [0.717, 1.165) is 30.5 Å². The van der Waals surface area contributed by atoms with Crippen molar-refractivity contribution in [3.63, 3.8) is 0 Å². The lowest BCUT2D eigenvalue weighted by molar-refractivity contribution is -0.124. The van der Waals surface area contributed by atoms with E-state index in [9.17, 15) is 14.4 Å². The monoisotopic (exact) mass is 924 g/mol. The van der Waals surface area contributed by atoms with Gasteiger partial charge in [0.15, 0.2) is 11.4 Å². The number of aromatic amines is 1. The van der Waals surface area contributed by atoms with Crippen LogP contribution in [0.4, 0.5) is 0 Å². The molecule has 0 fully saturated rings. The second kappa shape index (κ2) is 36.4. The van der Waals surface area contributed by atoms with Gasteiger partial charge in [0.25, 0.3) is 0 Å². The summed E-state index contributed by atoms with van der Waals surface area (Å²) in [6.45, 7) is 40.5. The van der Waals surface area contributed by atoms with Gasteiger partial charge in [-0.15, -0.1) is 0 Å². The Bertz CT molecular complexity index is 1770. The van der Waals surface area contributed by atoms with Crippen molar-refractivity contribution in [2.24, 2.45) is 47.3 Å². The van der Waals surface area contributed by atoms with E-state index in [-0.39, 0.29) is 57.5 Å². The Morgan fingerprint density at radius 2 is 1.11 bits per heavy atom. The summed E-state index contributed by atoms with van der Waals surface area (Å²) in [7, 11) is 0. The lowest BCUT2D eigenvalue weighted by atomic mass is 9.93. The third-order valence-electron chi connectivity index (χ3n) is 10.5. The van der Waals surface area contributed by atoms with Crippen molar-refractivity contribution in [3.05, 3.63) is 85.5 Å². The Balaban J connectivity index is -0.000000351. The highest BCUT2D eigenvalue weighted by Gasteiger charge is 2.20. The third-order valence-corrected chi connectivity index (χ3v) is 10.5. The summed E-state index contributed by atoms with van der Waals surface area (Å²) in [5.41, 5.74) is 2.25. The van der Waals surface area contributed by atoms with Gasteiger partial charge in [-0.2, -0.15) is 10.2 Å². The highest BCUT2D eigenvalue weighted by Crippen LogP contribution is 2.26. The zero-order valence-corrected chi connectivity index (χ0v) is 42.8. The number of Topliss-reactive ketones (excluding diaryl/α,β-unsaturated/α-hetero) is 2. The first kappa shape index (κ1) is 67.9. The maximum atomic E-state index is 11.5. The normalized spacial score (nSPS) is 11.0. The number of carbonyl (C=O) groups is 3. The van der Waals surface area contributed by atoms with Crippen molar-refractivity contribution < 1.29 is 18.8 Å². The molecule has 0 saturated carbocycles. The van der Waals surface area contributed by atoms with Crippen molar-refractivity contribution in [1.29, 1.82) is 0 Å². The minimum absolute atomic E-state index is 0. The molecule has 1 amide bonds. The van der Waals surface area contributed by atoms with Gasteiger partial charge in [-0.1, -0.05) is 147 Å². The van der Waals surface area contributed by atoms with E-state index in [2.05, 4.69) is 130 Å². The van der Waals surface area contributed by atoms with Crippen LogP contribution in [-0.4, -0.2) is 53.1 Å². The van der Waals surface area contributed by atoms with E-state index in [1.807, 2.05) is 96.1 Å². The second-order valence-electron chi connectivity index (χ2n) is 18.9. The molecular formula is C55H101N7O4. The summed E-state index contributed by atoms with van der Waals surface area (Å²) >= 11 is 0. The number of furan rings is 1. The molecule has 0 aromatic carbocycles. The van der Waals surface area contributed by atoms with Crippen LogP contribution in [0.5, 0.6) is 0 Å². The van der Waals surface area contributed by atoms with Gasteiger partial charge in [0.05, 0.1) is 29.6 Å². The quantitative estimate of drug-likeness (QED) is 0.100. The van der Waals surface area contributed by atoms with Crippen LogP contribution < -0.4 is 5.32 Å². The molecule has 11 nitrogen and oxygen atoms in total. The van der Waals surface area contributed by atoms with Gasteiger partial charge in [-0.3, -0.25) is 23.7 Å². The first-order chi connectivity index (χ1) is 29.5. The standard InChI is InChI=1S/C11H19N.C10H18N2.C10H11NO2.C9H16N2.C7H15NO.C5H10O.3CH4/c1-9(2)11(10(3)4)12-7-5-6-8-12;1-8(2)10(9(3)4)12-7-5-6-11-12;1-6(2)10(12)8-5-9-7(11-8)3-4-13-9;1-4-9(8(2)3)11-7-5-6-10-11;1-4-5-8-7(9)6(2)3;1-4(2)5(3)6;;;/h5-11H,1-4H3;5-10H,1-4H3;3-6,11H,1-2H3;5-9H,4H2,1-3H3;6H,4-5H2,1-3H3,(H,8,9);4H,1-3H3;3*1H4. The first-order valence-corrected chi connectivity index (χ1v) is 23.5. The van der Waals surface area contributed by atoms with E-state index < -0.39 is 0 Å². The van der Waals surface area contributed by atoms with Crippen LogP contribution in [0.25, 0.3) is 11.1 Å². The van der Waals surface area contributed by atoms with Gasteiger partial charge in [-0.05, 0) is 73.6 Å². The Kier molecular flexibility index (Phi) is 37.5. The van der Waals surface area contributed by atoms with Crippen LogP contribution in [0.15, 0.2) is 84.3 Å². The Labute approximate surface area is 404 Å². The predicted molar refractivity (Wildman–Crippen MR) is 284 cm³/mol. The van der Waals surface area contributed by atoms with Crippen molar-refractivity contribution in [2.75, 3.05) is 6.54 Å². The van der Waals surface area contributed by atoms with E-state index in [1.54, 1.807) is 19.3 Å². The number of amides is 1. The van der Waals surface area contributed by atoms with Crippen LogP contribution in [0.3, 0.4) is 0 Å². The van der Waals surface area contributed by atoms with Crippen LogP contribution >= 0.6 is 0 Å². The Hall–Kier alpha value is -4.67. The molecule has 0 aliphatic rings. The summed E-state index contributed by atoms with van der Waals surface area (Å²) < 4.78 is 11.6. The molecule has 5 rings (SSSR count). The van der Waals surface area contributed by atoms with E-state index >= 15 is 0 Å². The summed E-state index contributed by atoms with van der Waals surface area (Å²) in [6.07, 6.45) is 15.8. The molecule has 1 unspecified atom stereocenters. The molecule has 5 aromatic heterocycles. The van der Waals surface area contributed by atoms with Gasteiger partial charge in [0.2, 0.25) is 5.91 Å². The first-order valence-electron chi connectivity index (χ1n) is 23.5. The number of nitrogens with one attached hydrogen (secondary N) is 2. The molecule has 0 aliphatic heterocycles. The number of hydrogen-bond acceptors (Lipinski definition) is 6. The van der Waals surface area contributed by atoms with Crippen molar-refractivity contribution in [2.45, 2.75) is 185 Å². The van der Waals surface area contributed by atoms with Crippen molar-refractivity contribution in [1.82, 2.24) is 34.4 Å².